The van der Waals surface area contributed by atoms with Crippen molar-refractivity contribution in [3.05, 3.63) is 0 Å². The SMILES string of the molecule is CCC1CCCCC1NC(CCCN)COC. The molecular weight excluding hydrogens is 212 g/mol. The van der Waals surface area contributed by atoms with Crippen molar-refractivity contribution < 1.29 is 4.74 Å². The number of hydrogen-bond donors (Lipinski definition) is 2. The van der Waals surface area contributed by atoms with Crippen LogP contribution in [0, 0.1) is 5.92 Å². The van der Waals surface area contributed by atoms with Crippen LogP contribution in [-0.2, 0) is 4.74 Å². The topological polar surface area (TPSA) is 47.3 Å². The normalized spacial score (nSPS) is 27.0. The molecule has 1 aliphatic carbocycles. The van der Waals surface area contributed by atoms with Gasteiger partial charge >= 0.3 is 0 Å². The van der Waals surface area contributed by atoms with E-state index in [9.17, 15) is 0 Å². The van der Waals surface area contributed by atoms with Crippen LogP contribution in [-0.4, -0.2) is 32.3 Å². The van der Waals surface area contributed by atoms with Crippen molar-refractivity contribution in [3.8, 4) is 0 Å². The van der Waals surface area contributed by atoms with Gasteiger partial charge in [-0.2, -0.15) is 0 Å². The van der Waals surface area contributed by atoms with Crippen LogP contribution >= 0.6 is 0 Å². The maximum absolute atomic E-state index is 5.59. The highest BCUT2D eigenvalue weighted by Crippen LogP contribution is 2.27. The van der Waals surface area contributed by atoms with Crippen molar-refractivity contribution >= 4 is 0 Å². The summed E-state index contributed by atoms with van der Waals surface area (Å²) >= 11 is 0. The van der Waals surface area contributed by atoms with Gasteiger partial charge in [0.15, 0.2) is 0 Å². The minimum atomic E-state index is 0.487. The lowest BCUT2D eigenvalue weighted by Crippen LogP contribution is -2.46. The van der Waals surface area contributed by atoms with E-state index in [-0.39, 0.29) is 0 Å². The molecule has 3 heteroatoms. The number of hydrogen-bond acceptors (Lipinski definition) is 3. The molecule has 3 N–H and O–H groups in total. The van der Waals surface area contributed by atoms with Gasteiger partial charge in [-0.05, 0) is 38.1 Å². The van der Waals surface area contributed by atoms with Gasteiger partial charge in [0.25, 0.3) is 0 Å². The summed E-state index contributed by atoms with van der Waals surface area (Å²) in [5.41, 5.74) is 5.59. The quantitative estimate of drug-likeness (QED) is 0.686. The molecule has 3 unspecified atom stereocenters. The standard InChI is InChI=1S/C14H30N2O/c1-3-12-7-4-5-9-14(12)16-13(11-17-2)8-6-10-15/h12-14,16H,3-11,15H2,1-2H3. The first-order chi connectivity index (χ1) is 8.31. The van der Waals surface area contributed by atoms with E-state index >= 15 is 0 Å². The summed E-state index contributed by atoms with van der Waals surface area (Å²) < 4.78 is 5.31. The number of nitrogens with one attached hydrogen (secondary N) is 1. The molecular formula is C14H30N2O. The van der Waals surface area contributed by atoms with E-state index in [1.54, 1.807) is 7.11 Å². The van der Waals surface area contributed by atoms with Crippen molar-refractivity contribution in [2.24, 2.45) is 11.7 Å². The van der Waals surface area contributed by atoms with Gasteiger partial charge < -0.3 is 15.8 Å². The summed E-state index contributed by atoms with van der Waals surface area (Å²) in [6, 6.07) is 1.19. The summed E-state index contributed by atoms with van der Waals surface area (Å²) in [6.45, 7) is 3.91. The number of ether oxygens (including phenoxy) is 1. The predicted molar refractivity (Wildman–Crippen MR) is 73.1 cm³/mol. The van der Waals surface area contributed by atoms with Gasteiger partial charge in [-0.15, -0.1) is 0 Å². The molecule has 0 aromatic heterocycles. The van der Waals surface area contributed by atoms with E-state index in [1.807, 2.05) is 0 Å². The Labute approximate surface area is 106 Å². The second kappa shape index (κ2) is 8.90. The minimum absolute atomic E-state index is 0.487. The third-order valence-electron chi connectivity index (χ3n) is 4.01. The zero-order valence-corrected chi connectivity index (χ0v) is 11.6. The van der Waals surface area contributed by atoms with Crippen molar-refractivity contribution in [3.63, 3.8) is 0 Å². The van der Waals surface area contributed by atoms with E-state index in [0.29, 0.717) is 12.1 Å². The van der Waals surface area contributed by atoms with Crippen LogP contribution in [0.3, 0.4) is 0 Å². The first kappa shape index (κ1) is 14.9. The smallest absolute Gasteiger partial charge is 0.0615 e. The van der Waals surface area contributed by atoms with Gasteiger partial charge in [0, 0.05) is 19.2 Å². The molecule has 1 saturated carbocycles. The number of methoxy groups -OCH3 is 1. The predicted octanol–water partition coefficient (Wildman–Crippen LogP) is 2.30. The molecule has 102 valence electrons. The van der Waals surface area contributed by atoms with Gasteiger partial charge in [0.2, 0.25) is 0 Å². The molecule has 1 aliphatic rings. The van der Waals surface area contributed by atoms with Crippen LogP contribution in [0.5, 0.6) is 0 Å². The second-order valence-electron chi connectivity index (χ2n) is 5.31. The van der Waals surface area contributed by atoms with E-state index in [2.05, 4.69) is 12.2 Å². The molecule has 0 amide bonds. The molecule has 0 radical (unpaired) electrons. The average molecular weight is 242 g/mol. The fraction of sp³-hybridized carbons (Fsp3) is 1.00. The zero-order chi connectivity index (χ0) is 12.5. The lowest BCUT2D eigenvalue weighted by atomic mass is 9.82. The Morgan fingerprint density at radius 3 is 2.76 bits per heavy atom. The Morgan fingerprint density at radius 2 is 2.12 bits per heavy atom. The van der Waals surface area contributed by atoms with Crippen molar-refractivity contribution in [1.82, 2.24) is 5.32 Å². The molecule has 0 heterocycles. The van der Waals surface area contributed by atoms with Gasteiger partial charge in [-0.3, -0.25) is 0 Å². The Kier molecular flexibility index (Phi) is 7.82. The Morgan fingerprint density at radius 1 is 1.35 bits per heavy atom. The lowest BCUT2D eigenvalue weighted by Gasteiger charge is -2.34. The van der Waals surface area contributed by atoms with E-state index in [4.69, 9.17) is 10.5 Å². The molecule has 17 heavy (non-hydrogen) atoms. The second-order valence-corrected chi connectivity index (χ2v) is 5.31. The Balaban J connectivity index is 2.39. The van der Waals surface area contributed by atoms with Crippen LogP contribution in [0.2, 0.25) is 0 Å². The first-order valence-electron chi connectivity index (χ1n) is 7.26. The molecule has 0 aliphatic heterocycles. The third kappa shape index (κ3) is 5.36. The summed E-state index contributed by atoms with van der Waals surface area (Å²) in [7, 11) is 1.79. The summed E-state index contributed by atoms with van der Waals surface area (Å²) in [5.74, 6) is 0.862. The van der Waals surface area contributed by atoms with Gasteiger partial charge in [0.05, 0.1) is 6.61 Å². The largest absolute Gasteiger partial charge is 0.383 e. The molecule has 3 nitrogen and oxygen atoms in total. The Bertz CT molecular complexity index is 187. The van der Waals surface area contributed by atoms with Crippen LogP contribution in [0.1, 0.15) is 51.9 Å². The highest BCUT2D eigenvalue weighted by Gasteiger charge is 2.25. The van der Waals surface area contributed by atoms with Crippen molar-refractivity contribution in [2.75, 3.05) is 20.3 Å². The lowest BCUT2D eigenvalue weighted by molar-refractivity contribution is 0.138. The van der Waals surface area contributed by atoms with Crippen LogP contribution in [0.15, 0.2) is 0 Å². The van der Waals surface area contributed by atoms with Gasteiger partial charge in [0.1, 0.15) is 0 Å². The molecule has 0 bridgehead atoms. The van der Waals surface area contributed by atoms with Crippen LogP contribution in [0.4, 0.5) is 0 Å². The third-order valence-corrected chi connectivity index (χ3v) is 4.01. The molecule has 1 rings (SSSR count). The maximum Gasteiger partial charge on any atom is 0.0615 e. The minimum Gasteiger partial charge on any atom is -0.383 e. The van der Waals surface area contributed by atoms with Gasteiger partial charge in [-0.25, -0.2) is 0 Å². The molecule has 0 spiro atoms. The van der Waals surface area contributed by atoms with E-state index in [0.717, 1.165) is 31.9 Å². The van der Waals surface area contributed by atoms with Crippen molar-refractivity contribution in [2.45, 2.75) is 64.0 Å². The zero-order valence-electron chi connectivity index (χ0n) is 11.6. The molecule has 0 aromatic carbocycles. The summed E-state index contributed by atoms with van der Waals surface area (Å²) in [5, 5.41) is 3.81. The molecule has 0 saturated heterocycles. The summed E-state index contributed by atoms with van der Waals surface area (Å²) in [4.78, 5) is 0. The van der Waals surface area contributed by atoms with E-state index in [1.165, 1.54) is 32.1 Å². The molecule has 3 atom stereocenters. The maximum atomic E-state index is 5.59. The van der Waals surface area contributed by atoms with Crippen molar-refractivity contribution in [1.29, 1.82) is 0 Å². The van der Waals surface area contributed by atoms with Gasteiger partial charge in [-0.1, -0.05) is 26.2 Å². The van der Waals surface area contributed by atoms with E-state index < -0.39 is 0 Å². The van der Waals surface area contributed by atoms with Crippen LogP contribution < -0.4 is 11.1 Å². The number of rotatable bonds is 8. The fourth-order valence-corrected chi connectivity index (χ4v) is 3.00. The monoisotopic (exact) mass is 242 g/mol. The molecule has 0 aromatic rings. The van der Waals surface area contributed by atoms with Crippen LogP contribution in [0.25, 0.3) is 0 Å². The fourth-order valence-electron chi connectivity index (χ4n) is 3.00. The summed E-state index contributed by atoms with van der Waals surface area (Å²) in [6.07, 6.45) is 9.04. The number of nitrogens with two attached hydrogens (primary N) is 1. The Hall–Kier alpha value is -0.120. The highest BCUT2D eigenvalue weighted by atomic mass is 16.5. The highest BCUT2D eigenvalue weighted by molar-refractivity contribution is 4.83. The average Bonchev–Trinajstić information content (AvgIpc) is 2.37. The first-order valence-corrected chi connectivity index (χ1v) is 7.26. The molecule has 1 fully saturated rings.